The number of aliphatic hydroxyl groups is 1. The van der Waals surface area contributed by atoms with E-state index >= 15 is 0 Å². The van der Waals surface area contributed by atoms with Gasteiger partial charge in [0, 0.05) is 53.5 Å². The SMILES string of the molecule is CC1(C)C(NC(=O)C23CCC(C(=O)N4CCC(CO)CC4)(CC2)CC3)C(C)(C)C1Oc1ccc(C#N)c(Cl)c1. The molecule has 0 unspecified atom stereocenters. The number of rotatable bonds is 6. The van der Waals surface area contributed by atoms with Crippen LogP contribution in [0.4, 0.5) is 0 Å². The van der Waals surface area contributed by atoms with Crippen LogP contribution >= 0.6 is 11.6 Å². The van der Waals surface area contributed by atoms with Gasteiger partial charge in [0.25, 0.3) is 0 Å². The second-order valence-electron chi connectivity index (χ2n) is 13.8. The molecule has 212 valence electrons. The van der Waals surface area contributed by atoms with E-state index in [4.69, 9.17) is 21.6 Å². The Morgan fingerprint density at radius 2 is 1.62 bits per heavy atom. The van der Waals surface area contributed by atoms with Gasteiger partial charge in [0.1, 0.15) is 17.9 Å². The minimum Gasteiger partial charge on any atom is -0.489 e. The molecule has 1 aromatic carbocycles. The first-order valence-corrected chi connectivity index (χ1v) is 14.8. The van der Waals surface area contributed by atoms with Gasteiger partial charge in [0.05, 0.1) is 10.6 Å². The highest BCUT2D eigenvalue weighted by molar-refractivity contribution is 6.31. The predicted octanol–water partition coefficient (Wildman–Crippen LogP) is 5.08. The minimum atomic E-state index is -0.398. The number of aliphatic hydroxyl groups excluding tert-OH is 1. The molecule has 8 heteroatoms. The number of nitrogens with zero attached hydrogens (tertiary/aromatic N) is 2. The smallest absolute Gasteiger partial charge is 0.228 e. The quantitative estimate of drug-likeness (QED) is 0.509. The van der Waals surface area contributed by atoms with Crippen molar-refractivity contribution >= 4 is 23.4 Å². The molecular formula is C31H42ClN3O4. The molecule has 0 aromatic heterocycles. The Hall–Kier alpha value is -2.30. The Balaban J connectivity index is 1.21. The first-order valence-electron chi connectivity index (χ1n) is 14.5. The summed E-state index contributed by atoms with van der Waals surface area (Å²) in [5.74, 6) is 1.33. The third kappa shape index (κ3) is 4.62. The summed E-state index contributed by atoms with van der Waals surface area (Å²) in [6.07, 6.45) is 6.22. The standard InChI is InChI=1S/C31H42ClN3O4/c1-28(2)24(29(3,4)25(28)39-22-6-5-21(18-33)23(32)17-22)34-26(37)30-9-12-31(13-10-30,14-11-30)27(38)35-15-7-20(19-36)8-16-35/h5-6,17,20,24-25,36H,7-16,19H2,1-4H3,(H,34,37). The molecule has 7 nitrogen and oxygen atoms in total. The van der Waals surface area contributed by atoms with Crippen molar-refractivity contribution in [3.05, 3.63) is 28.8 Å². The average Bonchev–Trinajstić information content (AvgIpc) is 2.94. The number of ether oxygens (including phenoxy) is 1. The summed E-state index contributed by atoms with van der Waals surface area (Å²) in [5, 5.41) is 22.4. The zero-order valence-corrected chi connectivity index (χ0v) is 24.4. The summed E-state index contributed by atoms with van der Waals surface area (Å²) in [5.41, 5.74) is -0.910. The molecule has 2 bridgehead atoms. The largest absolute Gasteiger partial charge is 0.489 e. The van der Waals surface area contributed by atoms with E-state index in [1.165, 1.54) is 0 Å². The Morgan fingerprint density at radius 3 is 2.13 bits per heavy atom. The van der Waals surface area contributed by atoms with Crippen LogP contribution in [0.2, 0.25) is 5.02 Å². The maximum Gasteiger partial charge on any atom is 0.228 e. The van der Waals surface area contributed by atoms with Crippen molar-refractivity contribution in [3.8, 4) is 11.8 Å². The molecule has 4 saturated carbocycles. The number of amides is 2. The number of hydrogen-bond acceptors (Lipinski definition) is 5. The van der Waals surface area contributed by atoms with Crippen LogP contribution in [0, 0.1) is 38.9 Å². The number of nitrogens with one attached hydrogen (secondary N) is 1. The highest BCUT2D eigenvalue weighted by atomic mass is 35.5. The summed E-state index contributed by atoms with van der Waals surface area (Å²) in [7, 11) is 0. The fraction of sp³-hybridized carbons (Fsp3) is 0.710. The highest BCUT2D eigenvalue weighted by Crippen LogP contribution is 2.60. The number of hydrogen-bond donors (Lipinski definition) is 2. The molecule has 2 amide bonds. The average molecular weight is 556 g/mol. The van der Waals surface area contributed by atoms with Crippen LogP contribution in [0.1, 0.15) is 84.6 Å². The Bertz CT molecular complexity index is 1140. The van der Waals surface area contributed by atoms with E-state index in [0.717, 1.165) is 64.5 Å². The number of nitriles is 1. The molecule has 5 aliphatic rings. The zero-order valence-electron chi connectivity index (χ0n) is 23.7. The molecule has 6 rings (SSSR count). The van der Waals surface area contributed by atoms with Gasteiger partial charge in [-0.2, -0.15) is 5.26 Å². The summed E-state index contributed by atoms with van der Waals surface area (Å²) in [6, 6.07) is 7.14. The third-order valence-electron chi connectivity index (χ3n) is 10.8. The third-order valence-corrected chi connectivity index (χ3v) is 11.1. The number of benzene rings is 1. The number of carbonyl (C=O) groups excluding carboxylic acids is 2. The van der Waals surface area contributed by atoms with Crippen molar-refractivity contribution in [2.45, 2.75) is 91.2 Å². The number of piperidine rings is 1. The predicted molar refractivity (Wildman–Crippen MR) is 149 cm³/mol. The van der Waals surface area contributed by atoms with Gasteiger partial charge in [-0.1, -0.05) is 39.3 Å². The normalized spacial score (nSPS) is 33.1. The molecule has 2 N–H and O–H groups in total. The van der Waals surface area contributed by atoms with Gasteiger partial charge in [0.15, 0.2) is 0 Å². The number of likely N-dealkylation sites (tertiary alicyclic amines) is 1. The minimum absolute atomic E-state index is 0.0613. The van der Waals surface area contributed by atoms with E-state index < -0.39 is 5.41 Å². The molecule has 1 heterocycles. The fourth-order valence-corrected chi connectivity index (χ4v) is 8.59. The van der Waals surface area contributed by atoms with Gasteiger partial charge in [-0.25, -0.2) is 0 Å². The fourth-order valence-electron chi connectivity index (χ4n) is 8.38. The lowest BCUT2D eigenvalue weighted by Crippen LogP contribution is -2.75. The zero-order chi connectivity index (χ0) is 28.2. The van der Waals surface area contributed by atoms with Crippen molar-refractivity contribution in [2.24, 2.45) is 27.6 Å². The maximum absolute atomic E-state index is 13.9. The molecule has 4 aliphatic carbocycles. The first kappa shape index (κ1) is 28.2. The topological polar surface area (TPSA) is 103 Å². The van der Waals surface area contributed by atoms with Crippen LogP contribution in [0.5, 0.6) is 5.75 Å². The second-order valence-corrected chi connectivity index (χ2v) is 14.2. The summed E-state index contributed by atoms with van der Waals surface area (Å²) >= 11 is 6.23. The lowest BCUT2D eigenvalue weighted by atomic mass is 9.48. The van der Waals surface area contributed by atoms with E-state index in [-0.39, 0.29) is 46.8 Å². The van der Waals surface area contributed by atoms with Crippen LogP contribution in [0.15, 0.2) is 18.2 Å². The number of carbonyl (C=O) groups is 2. The van der Waals surface area contributed by atoms with Gasteiger partial charge >= 0.3 is 0 Å². The van der Waals surface area contributed by atoms with E-state index in [0.29, 0.717) is 22.3 Å². The second kappa shape index (κ2) is 9.96. The van der Waals surface area contributed by atoms with E-state index in [1.54, 1.807) is 18.2 Å². The Kier molecular flexibility index (Phi) is 7.21. The van der Waals surface area contributed by atoms with E-state index in [9.17, 15) is 14.7 Å². The number of fused-ring (bicyclic) bond motifs is 3. The summed E-state index contributed by atoms with van der Waals surface area (Å²) in [6.45, 7) is 10.2. The van der Waals surface area contributed by atoms with Crippen LogP contribution < -0.4 is 10.1 Å². The molecule has 0 spiro atoms. The van der Waals surface area contributed by atoms with Crippen molar-refractivity contribution in [1.29, 1.82) is 5.26 Å². The first-order chi connectivity index (χ1) is 18.4. The highest BCUT2D eigenvalue weighted by Gasteiger charge is 2.65. The monoisotopic (exact) mass is 555 g/mol. The van der Waals surface area contributed by atoms with Crippen molar-refractivity contribution in [1.82, 2.24) is 10.2 Å². The Labute approximate surface area is 237 Å². The molecular weight excluding hydrogens is 514 g/mol. The molecule has 5 fully saturated rings. The molecule has 1 aromatic rings. The van der Waals surface area contributed by atoms with Crippen LogP contribution in [-0.2, 0) is 9.59 Å². The molecule has 1 aliphatic heterocycles. The van der Waals surface area contributed by atoms with Gasteiger partial charge in [-0.15, -0.1) is 0 Å². The van der Waals surface area contributed by atoms with E-state index in [2.05, 4.69) is 39.1 Å². The van der Waals surface area contributed by atoms with Crippen molar-refractivity contribution in [3.63, 3.8) is 0 Å². The van der Waals surface area contributed by atoms with Crippen LogP contribution in [-0.4, -0.2) is 53.7 Å². The lowest BCUT2D eigenvalue weighted by molar-refractivity contribution is -0.181. The maximum atomic E-state index is 13.9. The molecule has 0 radical (unpaired) electrons. The van der Waals surface area contributed by atoms with Crippen LogP contribution in [0.3, 0.4) is 0 Å². The van der Waals surface area contributed by atoms with Crippen LogP contribution in [0.25, 0.3) is 0 Å². The lowest BCUT2D eigenvalue weighted by Gasteiger charge is -2.64. The van der Waals surface area contributed by atoms with Gasteiger partial charge in [-0.05, 0) is 69.4 Å². The Morgan fingerprint density at radius 1 is 1.05 bits per heavy atom. The van der Waals surface area contributed by atoms with Gasteiger partial charge in [0.2, 0.25) is 11.8 Å². The molecule has 39 heavy (non-hydrogen) atoms. The molecule has 1 saturated heterocycles. The summed E-state index contributed by atoms with van der Waals surface area (Å²) < 4.78 is 6.39. The van der Waals surface area contributed by atoms with Crippen molar-refractivity contribution < 1.29 is 19.4 Å². The summed E-state index contributed by atoms with van der Waals surface area (Å²) in [4.78, 5) is 29.5. The van der Waals surface area contributed by atoms with E-state index in [1.807, 2.05) is 4.90 Å². The molecule has 0 atom stereocenters. The number of halogens is 1. The van der Waals surface area contributed by atoms with Crippen molar-refractivity contribution in [2.75, 3.05) is 19.7 Å². The van der Waals surface area contributed by atoms with Gasteiger partial charge < -0.3 is 20.1 Å². The van der Waals surface area contributed by atoms with Gasteiger partial charge in [-0.3, -0.25) is 9.59 Å².